The first-order chi connectivity index (χ1) is 11.0. The van der Waals surface area contributed by atoms with Crippen molar-refractivity contribution in [2.45, 2.75) is 13.3 Å². The summed E-state index contributed by atoms with van der Waals surface area (Å²) in [6.45, 7) is 8.17. The van der Waals surface area contributed by atoms with Crippen LogP contribution in [0.5, 0.6) is 0 Å². The molecule has 2 saturated heterocycles. The van der Waals surface area contributed by atoms with Gasteiger partial charge >= 0.3 is 0 Å². The molecule has 1 unspecified atom stereocenters. The highest BCUT2D eigenvalue weighted by atomic mass is 19.1. The van der Waals surface area contributed by atoms with Crippen LogP contribution in [0, 0.1) is 17.0 Å². The molecule has 1 amide bonds. The lowest BCUT2D eigenvalue weighted by atomic mass is 9.89. The van der Waals surface area contributed by atoms with Crippen molar-refractivity contribution in [1.29, 1.82) is 0 Å². The van der Waals surface area contributed by atoms with Crippen LogP contribution in [-0.2, 0) is 0 Å². The van der Waals surface area contributed by atoms with Crippen LogP contribution in [0.3, 0.4) is 0 Å². The Morgan fingerprint density at radius 2 is 2.00 bits per heavy atom. The van der Waals surface area contributed by atoms with Gasteiger partial charge in [0, 0.05) is 45.3 Å². The summed E-state index contributed by atoms with van der Waals surface area (Å²) in [6.07, 6.45) is 1.17. The van der Waals surface area contributed by atoms with Gasteiger partial charge in [0.2, 0.25) is 0 Å². The van der Waals surface area contributed by atoms with E-state index in [1.807, 2.05) is 0 Å². The zero-order valence-electron chi connectivity index (χ0n) is 13.4. The van der Waals surface area contributed by atoms with Crippen LogP contribution in [0.1, 0.15) is 23.7 Å². The minimum atomic E-state index is -0.790. The molecule has 0 bridgehead atoms. The van der Waals surface area contributed by atoms with Crippen molar-refractivity contribution in [3.05, 3.63) is 35.4 Å². The van der Waals surface area contributed by atoms with Crippen molar-refractivity contribution < 1.29 is 13.6 Å². The molecule has 0 spiro atoms. The van der Waals surface area contributed by atoms with Crippen LogP contribution in [0.15, 0.2) is 18.2 Å². The third-order valence-electron chi connectivity index (χ3n) is 4.88. The number of nitrogens with one attached hydrogen (secondary N) is 1. The van der Waals surface area contributed by atoms with Gasteiger partial charge < -0.3 is 10.2 Å². The van der Waals surface area contributed by atoms with E-state index in [4.69, 9.17) is 0 Å². The number of benzene rings is 1. The average Bonchev–Trinajstić information content (AvgIpc) is 2.94. The molecule has 1 atom stereocenters. The summed E-state index contributed by atoms with van der Waals surface area (Å²) in [5, 5.41) is 3.40. The highest BCUT2D eigenvalue weighted by Crippen LogP contribution is 2.26. The third-order valence-corrected chi connectivity index (χ3v) is 4.88. The van der Waals surface area contributed by atoms with Crippen molar-refractivity contribution in [2.24, 2.45) is 5.41 Å². The Morgan fingerprint density at radius 1 is 1.26 bits per heavy atom. The Morgan fingerprint density at radius 3 is 2.61 bits per heavy atom. The summed E-state index contributed by atoms with van der Waals surface area (Å²) in [5.74, 6) is -1.81. The summed E-state index contributed by atoms with van der Waals surface area (Å²) in [4.78, 5) is 16.4. The molecule has 0 radical (unpaired) electrons. The van der Waals surface area contributed by atoms with E-state index < -0.39 is 11.6 Å². The van der Waals surface area contributed by atoms with E-state index in [0.717, 1.165) is 44.9 Å². The van der Waals surface area contributed by atoms with E-state index in [9.17, 15) is 13.6 Å². The van der Waals surface area contributed by atoms with E-state index in [0.29, 0.717) is 18.5 Å². The fourth-order valence-electron chi connectivity index (χ4n) is 3.49. The first kappa shape index (κ1) is 16.3. The highest BCUT2D eigenvalue weighted by molar-refractivity contribution is 5.94. The maximum absolute atomic E-state index is 13.7. The van der Waals surface area contributed by atoms with Crippen molar-refractivity contribution in [3.8, 4) is 0 Å². The Kier molecular flexibility index (Phi) is 4.64. The monoisotopic (exact) mass is 323 g/mol. The Balaban J connectivity index is 1.57. The number of nitrogens with zero attached hydrogens (tertiary/aromatic N) is 2. The highest BCUT2D eigenvalue weighted by Gasteiger charge is 2.32. The minimum Gasteiger partial charge on any atom is -0.336 e. The first-order valence-corrected chi connectivity index (χ1v) is 8.14. The van der Waals surface area contributed by atoms with Gasteiger partial charge in [0.05, 0.1) is 5.56 Å². The molecule has 1 aromatic carbocycles. The normalized spacial score (nSPS) is 25.8. The van der Waals surface area contributed by atoms with Crippen LogP contribution in [0.2, 0.25) is 0 Å². The summed E-state index contributed by atoms with van der Waals surface area (Å²) < 4.78 is 26.7. The number of carbonyl (C=O) groups excluding carboxylic acids is 1. The molecular formula is C17H23F2N3O. The van der Waals surface area contributed by atoms with Crippen LogP contribution in [-0.4, -0.2) is 61.5 Å². The predicted molar refractivity (Wildman–Crippen MR) is 84.3 cm³/mol. The molecule has 1 aromatic rings. The topological polar surface area (TPSA) is 35.6 Å². The lowest BCUT2D eigenvalue weighted by Crippen LogP contribution is -2.51. The number of hydrogen-bond acceptors (Lipinski definition) is 3. The van der Waals surface area contributed by atoms with Crippen molar-refractivity contribution >= 4 is 5.91 Å². The number of hydrogen-bond donors (Lipinski definition) is 1. The lowest BCUT2D eigenvalue weighted by molar-refractivity contribution is 0.0577. The molecule has 4 nitrogen and oxygen atoms in total. The fourth-order valence-corrected chi connectivity index (χ4v) is 3.49. The minimum absolute atomic E-state index is 0.0493. The number of rotatable bonds is 3. The summed E-state index contributed by atoms with van der Waals surface area (Å²) in [5.41, 5.74) is 0.252. The fraction of sp³-hybridized carbons (Fsp3) is 0.588. The van der Waals surface area contributed by atoms with E-state index in [1.54, 1.807) is 4.90 Å². The second-order valence-electron chi connectivity index (χ2n) is 6.93. The smallest absolute Gasteiger partial charge is 0.256 e. The van der Waals surface area contributed by atoms with E-state index >= 15 is 0 Å². The van der Waals surface area contributed by atoms with E-state index in [-0.39, 0.29) is 11.5 Å². The number of piperazine rings is 1. The van der Waals surface area contributed by atoms with E-state index in [2.05, 4.69) is 17.1 Å². The quantitative estimate of drug-likeness (QED) is 0.920. The van der Waals surface area contributed by atoms with Gasteiger partial charge in [-0.25, -0.2) is 8.78 Å². The van der Waals surface area contributed by atoms with Crippen LogP contribution >= 0.6 is 0 Å². The van der Waals surface area contributed by atoms with Crippen molar-refractivity contribution in [3.63, 3.8) is 0 Å². The number of carbonyl (C=O) groups is 1. The molecule has 2 heterocycles. The van der Waals surface area contributed by atoms with Gasteiger partial charge in [0.15, 0.2) is 0 Å². The molecule has 23 heavy (non-hydrogen) atoms. The molecule has 3 rings (SSSR count). The number of amides is 1. The first-order valence-electron chi connectivity index (χ1n) is 8.14. The van der Waals surface area contributed by atoms with Gasteiger partial charge in [-0.2, -0.15) is 0 Å². The second kappa shape index (κ2) is 6.53. The molecule has 0 aromatic heterocycles. The molecule has 6 heteroatoms. The molecule has 1 N–H and O–H groups in total. The van der Waals surface area contributed by atoms with E-state index in [1.165, 1.54) is 12.5 Å². The van der Waals surface area contributed by atoms with Gasteiger partial charge in [0.25, 0.3) is 5.91 Å². The SMILES string of the molecule is CC1(CN2CCN(C(=O)c3ccc(F)cc3F)CC2)CCNC1. The molecule has 2 aliphatic heterocycles. The molecule has 126 valence electrons. The molecule has 0 aliphatic carbocycles. The maximum Gasteiger partial charge on any atom is 0.256 e. The van der Waals surface area contributed by atoms with Gasteiger partial charge in [-0.15, -0.1) is 0 Å². The third kappa shape index (κ3) is 3.70. The molecule has 0 saturated carbocycles. The lowest BCUT2D eigenvalue weighted by Gasteiger charge is -2.38. The summed E-state index contributed by atoms with van der Waals surface area (Å²) in [6, 6.07) is 3.11. The summed E-state index contributed by atoms with van der Waals surface area (Å²) >= 11 is 0. The van der Waals surface area contributed by atoms with Crippen LogP contribution in [0.4, 0.5) is 8.78 Å². The second-order valence-corrected chi connectivity index (χ2v) is 6.93. The van der Waals surface area contributed by atoms with Gasteiger partial charge in [-0.3, -0.25) is 9.69 Å². The molecule has 2 aliphatic rings. The van der Waals surface area contributed by atoms with Gasteiger partial charge in [-0.05, 0) is 30.5 Å². The van der Waals surface area contributed by atoms with Crippen molar-refractivity contribution in [2.75, 3.05) is 45.8 Å². The Bertz CT molecular complexity index is 579. The largest absolute Gasteiger partial charge is 0.336 e. The maximum atomic E-state index is 13.7. The predicted octanol–water partition coefficient (Wildman–Crippen LogP) is 1.72. The van der Waals surface area contributed by atoms with Gasteiger partial charge in [0.1, 0.15) is 11.6 Å². The van der Waals surface area contributed by atoms with Crippen molar-refractivity contribution in [1.82, 2.24) is 15.1 Å². The zero-order valence-corrected chi connectivity index (χ0v) is 13.4. The average molecular weight is 323 g/mol. The Labute approximate surface area is 135 Å². The Hall–Kier alpha value is -1.53. The molecular weight excluding hydrogens is 300 g/mol. The van der Waals surface area contributed by atoms with Crippen LogP contribution in [0.25, 0.3) is 0 Å². The standard InChI is InChI=1S/C17H23F2N3O/c1-17(4-5-20-11-17)12-21-6-8-22(9-7-21)16(23)14-3-2-13(18)10-15(14)19/h2-3,10,20H,4-9,11-12H2,1H3. The molecule has 2 fully saturated rings. The van der Waals surface area contributed by atoms with Crippen LogP contribution < -0.4 is 5.32 Å². The number of halogens is 2. The zero-order chi connectivity index (χ0) is 16.4. The van der Waals surface area contributed by atoms with Gasteiger partial charge in [-0.1, -0.05) is 6.92 Å². The summed E-state index contributed by atoms with van der Waals surface area (Å²) in [7, 11) is 0.